The van der Waals surface area contributed by atoms with Gasteiger partial charge in [0.1, 0.15) is 12.2 Å². The first-order valence-electron chi connectivity index (χ1n) is 8.60. The Morgan fingerprint density at radius 2 is 1.72 bits per heavy atom. The third-order valence-electron chi connectivity index (χ3n) is 3.33. The summed E-state index contributed by atoms with van der Waals surface area (Å²) < 4.78 is 10.4. The van der Waals surface area contributed by atoms with Gasteiger partial charge in [-0.3, -0.25) is 0 Å². The lowest BCUT2D eigenvalue weighted by Crippen LogP contribution is -2.39. The average molecular weight is 350 g/mol. The predicted molar refractivity (Wildman–Crippen MR) is 97.2 cm³/mol. The summed E-state index contributed by atoms with van der Waals surface area (Å²) in [5.74, 6) is 0.189. The van der Waals surface area contributed by atoms with Crippen LogP contribution >= 0.6 is 0 Å². The third kappa shape index (κ3) is 10.3. The van der Waals surface area contributed by atoms with Crippen LogP contribution in [0.3, 0.4) is 0 Å². The van der Waals surface area contributed by atoms with E-state index in [1.54, 1.807) is 0 Å². The molecule has 2 amide bonds. The van der Waals surface area contributed by atoms with E-state index >= 15 is 0 Å². The summed E-state index contributed by atoms with van der Waals surface area (Å²) in [5, 5.41) is 5.54. The minimum Gasteiger partial charge on any atom is -0.445 e. The van der Waals surface area contributed by atoms with Gasteiger partial charge in [-0.2, -0.15) is 0 Å². The lowest BCUT2D eigenvalue weighted by molar-refractivity contribution is 0.0502. The fourth-order valence-corrected chi connectivity index (χ4v) is 2.29. The van der Waals surface area contributed by atoms with Gasteiger partial charge in [0, 0.05) is 12.6 Å². The highest BCUT2D eigenvalue weighted by Crippen LogP contribution is 2.09. The molecule has 0 bridgehead atoms. The highest BCUT2D eigenvalue weighted by Gasteiger charge is 2.18. The van der Waals surface area contributed by atoms with Crippen molar-refractivity contribution in [3.8, 4) is 0 Å². The third-order valence-corrected chi connectivity index (χ3v) is 3.33. The van der Waals surface area contributed by atoms with E-state index in [4.69, 9.17) is 9.47 Å². The van der Waals surface area contributed by atoms with Crippen LogP contribution < -0.4 is 10.6 Å². The van der Waals surface area contributed by atoms with Crippen LogP contribution in [0.5, 0.6) is 0 Å². The zero-order valence-corrected chi connectivity index (χ0v) is 15.8. The van der Waals surface area contributed by atoms with Crippen molar-refractivity contribution in [2.24, 2.45) is 5.92 Å². The normalized spacial score (nSPS) is 13.5. The maximum Gasteiger partial charge on any atom is 0.407 e. The Kier molecular flexibility index (Phi) is 8.25. The molecule has 0 aromatic heterocycles. The molecule has 0 heterocycles. The molecule has 0 saturated carbocycles. The first-order chi connectivity index (χ1) is 11.7. The Labute approximate surface area is 150 Å². The summed E-state index contributed by atoms with van der Waals surface area (Å²) in [6, 6.07) is 9.47. The molecule has 6 nitrogen and oxygen atoms in total. The van der Waals surface area contributed by atoms with Gasteiger partial charge in [0.25, 0.3) is 0 Å². The van der Waals surface area contributed by atoms with Crippen molar-refractivity contribution in [1.29, 1.82) is 0 Å². The van der Waals surface area contributed by atoms with Gasteiger partial charge in [-0.05, 0) is 45.6 Å². The van der Waals surface area contributed by atoms with Crippen molar-refractivity contribution in [2.45, 2.75) is 59.3 Å². The number of nitrogens with one attached hydrogen (secondary N) is 2. The van der Waals surface area contributed by atoms with Gasteiger partial charge < -0.3 is 20.1 Å². The Morgan fingerprint density at radius 3 is 2.32 bits per heavy atom. The van der Waals surface area contributed by atoms with Crippen molar-refractivity contribution in [3.63, 3.8) is 0 Å². The number of hydrogen-bond acceptors (Lipinski definition) is 4. The Bertz CT molecular complexity index is 540. The molecule has 2 atom stereocenters. The van der Waals surface area contributed by atoms with Crippen molar-refractivity contribution in [3.05, 3.63) is 35.9 Å². The van der Waals surface area contributed by atoms with Crippen LogP contribution in [-0.2, 0) is 16.1 Å². The highest BCUT2D eigenvalue weighted by molar-refractivity contribution is 5.68. The van der Waals surface area contributed by atoms with Gasteiger partial charge in [-0.1, -0.05) is 37.3 Å². The van der Waals surface area contributed by atoms with Crippen LogP contribution in [0.4, 0.5) is 9.59 Å². The van der Waals surface area contributed by atoms with Gasteiger partial charge >= 0.3 is 12.2 Å². The maximum atomic E-state index is 11.7. The van der Waals surface area contributed by atoms with E-state index < -0.39 is 17.8 Å². The second kappa shape index (κ2) is 9.91. The fourth-order valence-electron chi connectivity index (χ4n) is 2.29. The Balaban J connectivity index is 2.21. The van der Waals surface area contributed by atoms with Crippen LogP contribution in [0.25, 0.3) is 0 Å². The molecule has 25 heavy (non-hydrogen) atoms. The smallest absolute Gasteiger partial charge is 0.407 e. The minimum absolute atomic E-state index is 0.0491. The molecule has 0 spiro atoms. The number of ether oxygens (including phenoxy) is 2. The molecule has 1 rings (SSSR count). The number of benzene rings is 1. The predicted octanol–water partition coefficient (Wildman–Crippen LogP) is 3.85. The number of rotatable bonds is 7. The molecule has 0 saturated heterocycles. The SMILES string of the molecule is CC(CNC(=O)OCc1ccccc1)CC(C)NC(=O)OC(C)(C)C. The van der Waals surface area contributed by atoms with Gasteiger partial charge in [-0.15, -0.1) is 0 Å². The molecule has 140 valence electrons. The number of carbonyl (C=O) groups is 2. The van der Waals surface area contributed by atoms with Gasteiger partial charge in [-0.25, -0.2) is 9.59 Å². The summed E-state index contributed by atoms with van der Waals surface area (Å²) >= 11 is 0. The lowest BCUT2D eigenvalue weighted by Gasteiger charge is -2.23. The first-order valence-corrected chi connectivity index (χ1v) is 8.60. The number of alkyl carbamates (subject to hydrolysis) is 2. The van der Waals surface area contributed by atoms with Crippen LogP contribution in [0.2, 0.25) is 0 Å². The second-order valence-corrected chi connectivity index (χ2v) is 7.33. The van der Waals surface area contributed by atoms with Crippen LogP contribution in [0, 0.1) is 5.92 Å². The van der Waals surface area contributed by atoms with Crippen molar-refractivity contribution in [1.82, 2.24) is 10.6 Å². The van der Waals surface area contributed by atoms with Gasteiger partial charge in [0.2, 0.25) is 0 Å². The molecule has 0 fully saturated rings. The van der Waals surface area contributed by atoms with E-state index in [0.29, 0.717) is 6.54 Å². The first kappa shape index (κ1) is 20.8. The molecule has 2 unspecified atom stereocenters. The van der Waals surface area contributed by atoms with Crippen molar-refractivity contribution < 1.29 is 19.1 Å². The summed E-state index contributed by atoms with van der Waals surface area (Å²) in [6.07, 6.45) is -0.149. The van der Waals surface area contributed by atoms with Gasteiger partial charge in [0.15, 0.2) is 0 Å². The second-order valence-electron chi connectivity index (χ2n) is 7.33. The number of hydrogen-bond donors (Lipinski definition) is 2. The topological polar surface area (TPSA) is 76.7 Å². The molecule has 0 radical (unpaired) electrons. The summed E-state index contributed by atoms with van der Waals surface area (Å²) in [5.41, 5.74) is 0.431. The Hall–Kier alpha value is -2.24. The zero-order valence-electron chi connectivity index (χ0n) is 15.8. The maximum absolute atomic E-state index is 11.7. The van der Waals surface area contributed by atoms with Crippen LogP contribution in [0.1, 0.15) is 46.6 Å². The molecule has 2 N–H and O–H groups in total. The van der Waals surface area contributed by atoms with Crippen LogP contribution in [0.15, 0.2) is 30.3 Å². The lowest BCUT2D eigenvalue weighted by atomic mass is 10.0. The van der Waals surface area contributed by atoms with Crippen LogP contribution in [-0.4, -0.2) is 30.4 Å². The van der Waals surface area contributed by atoms with E-state index in [1.165, 1.54) is 0 Å². The molecule has 0 aliphatic carbocycles. The Morgan fingerprint density at radius 1 is 1.08 bits per heavy atom. The van der Waals surface area contributed by atoms with E-state index in [1.807, 2.05) is 65.0 Å². The van der Waals surface area contributed by atoms with E-state index in [2.05, 4.69) is 10.6 Å². The zero-order chi connectivity index (χ0) is 18.9. The molecule has 0 aliphatic heterocycles. The average Bonchev–Trinajstić information content (AvgIpc) is 2.49. The number of carbonyl (C=O) groups excluding carboxylic acids is 2. The summed E-state index contributed by atoms with van der Waals surface area (Å²) in [4.78, 5) is 23.4. The monoisotopic (exact) mass is 350 g/mol. The highest BCUT2D eigenvalue weighted by atomic mass is 16.6. The molecule has 6 heteroatoms. The fraction of sp³-hybridized carbons (Fsp3) is 0.579. The number of amides is 2. The summed E-state index contributed by atoms with van der Waals surface area (Å²) in [7, 11) is 0. The minimum atomic E-state index is -0.514. The molecular formula is C19H30N2O4. The molecule has 0 aliphatic rings. The standard InChI is InChI=1S/C19H30N2O4/c1-14(11-15(2)21-18(23)25-19(3,4)5)12-20-17(22)24-13-16-9-7-6-8-10-16/h6-10,14-15H,11-13H2,1-5H3,(H,20,22)(H,21,23). The largest absolute Gasteiger partial charge is 0.445 e. The van der Waals surface area contributed by atoms with E-state index in [0.717, 1.165) is 12.0 Å². The summed E-state index contributed by atoms with van der Waals surface area (Å²) in [6.45, 7) is 10.1. The van der Waals surface area contributed by atoms with E-state index in [-0.39, 0.29) is 18.6 Å². The van der Waals surface area contributed by atoms with Gasteiger partial charge in [0.05, 0.1) is 0 Å². The van der Waals surface area contributed by atoms with E-state index in [9.17, 15) is 9.59 Å². The molecule has 1 aromatic rings. The van der Waals surface area contributed by atoms with Crippen molar-refractivity contribution >= 4 is 12.2 Å². The molecule has 1 aromatic carbocycles. The van der Waals surface area contributed by atoms with Crippen molar-refractivity contribution in [2.75, 3.05) is 6.54 Å². The molecular weight excluding hydrogens is 320 g/mol. The quantitative estimate of drug-likeness (QED) is 0.783.